The number of esters is 1. The minimum atomic E-state index is -1.04. The van der Waals surface area contributed by atoms with Crippen LogP contribution in [0.2, 0.25) is 0 Å². The maximum Gasteiger partial charge on any atom is 0.321 e. The van der Waals surface area contributed by atoms with Gasteiger partial charge in [0.1, 0.15) is 0 Å². The zero-order valence-electron chi connectivity index (χ0n) is 9.13. The van der Waals surface area contributed by atoms with E-state index in [9.17, 15) is 9.90 Å². The number of hydrogen-bond acceptors (Lipinski definition) is 4. The highest BCUT2D eigenvalue weighted by atomic mass is 16.6. The lowest BCUT2D eigenvalue weighted by Crippen LogP contribution is -2.23. The minimum Gasteiger partial charge on any atom is -0.435 e. The van der Waals surface area contributed by atoms with Gasteiger partial charge in [-0.05, 0) is 18.4 Å². The Labute approximate surface area is 95.0 Å². The van der Waals surface area contributed by atoms with Gasteiger partial charge in [0.25, 0.3) is 0 Å². The summed E-state index contributed by atoms with van der Waals surface area (Å²) in [5, 5.41) is 9.33. The summed E-state index contributed by atoms with van der Waals surface area (Å²) in [6.45, 7) is -0.199. The second-order valence-corrected chi connectivity index (χ2v) is 3.53. The summed E-state index contributed by atoms with van der Waals surface area (Å²) in [4.78, 5) is 10.7. The van der Waals surface area contributed by atoms with Crippen LogP contribution in [0.3, 0.4) is 0 Å². The third kappa shape index (κ3) is 4.91. The Morgan fingerprint density at radius 2 is 2.06 bits per heavy atom. The maximum atomic E-state index is 10.7. The number of benzene rings is 1. The van der Waals surface area contributed by atoms with Crippen molar-refractivity contribution in [2.45, 2.75) is 25.6 Å². The van der Waals surface area contributed by atoms with E-state index in [4.69, 9.17) is 5.73 Å². The van der Waals surface area contributed by atoms with Crippen molar-refractivity contribution in [3.63, 3.8) is 0 Å². The van der Waals surface area contributed by atoms with E-state index in [1.807, 2.05) is 30.3 Å². The van der Waals surface area contributed by atoms with Crippen LogP contribution in [0, 0.1) is 0 Å². The highest BCUT2D eigenvalue weighted by Crippen LogP contribution is 2.07. The number of aliphatic hydroxyl groups is 1. The van der Waals surface area contributed by atoms with Gasteiger partial charge in [-0.1, -0.05) is 30.3 Å². The van der Waals surface area contributed by atoms with Crippen LogP contribution in [0.25, 0.3) is 0 Å². The first-order valence-corrected chi connectivity index (χ1v) is 5.34. The molecule has 0 bridgehead atoms. The molecule has 88 valence electrons. The van der Waals surface area contributed by atoms with Crippen LogP contribution in [0.5, 0.6) is 0 Å². The van der Waals surface area contributed by atoms with Crippen molar-refractivity contribution in [3.8, 4) is 0 Å². The normalized spacial score (nSPS) is 12.1. The van der Waals surface area contributed by atoms with Gasteiger partial charge in [0.15, 0.2) is 0 Å². The first-order valence-electron chi connectivity index (χ1n) is 5.34. The van der Waals surface area contributed by atoms with Gasteiger partial charge in [0.2, 0.25) is 6.29 Å². The standard InChI is InChI=1S/C12H17NO3/c13-9-12(15)16-11(14)8-4-7-10-5-2-1-3-6-10/h1-3,5-6,11,14H,4,7-9,13H2. The number of hydrogen-bond donors (Lipinski definition) is 2. The Kier molecular flexibility index (Phi) is 5.53. The quantitative estimate of drug-likeness (QED) is 0.553. The number of ether oxygens (including phenoxy) is 1. The first kappa shape index (κ1) is 12.7. The summed E-state index contributed by atoms with van der Waals surface area (Å²) in [7, 11) is 0. The molecule has 0 aliphatic carbocycles. The fraction of sp³-hybridized carbons (Fsp3) is 0.417. The lowest BCUT2D eigenvalue weighted by molar-refractivity contribution is -0.166. The van der Waals surface area contributed by atoms with Crippen LogP contribution in [0.1, 0.15) is 18.4 Å². The van der Waals surface area contributed by atoms with Gasteiger partial charge in [-0.25, -0.2) is 0 Å². The van der Waals surface area contributed by atoms with Crippen LogP contribution < -0.4 is 5.73 Å². The molecule has 0 amide bonds. The molecule has 1 unspecified atom stereocenters. The molecule has 0 aromatic heterocycles. The van der Waals surface area contributed by atoms with E-state index in [0.717, 1.165) is 12.8 Å². The number of aliphatic hydroxyl groups excluding tert-OH is 1. The highest BCUT2D eigenvalue weighted by molar-refractivity contribution is 5.71. The average Bonchev–Trinajstić information content (AvgIpc) is 2.30. The van der Waals surface area contributed by atoms with E-state index in [-0.39, 0.29) is 6.54 Å². The van der Waals surface area contributed by atoms with E-state index < -0.39 is 12.3 Å². The van der Waals surface area contributed by atoms with Crippen LogP contribution in [0.15, 0.2) is 30.3 Å². The predicted molar refractivity (Wildman–Crippen MR) is 60.5 cm³/mol. The average molecular weight is 223 g/mol. The molecule has 16 heavy (non-hydrogen) atoms. The Morgan fingerprint density at radius 3 is 2.69 bits per heavy atom. The summed E-state index contributed by atoms with van der Waals surface area (Å²) in [5.41, 5.74) is 6.26. The molecule has 0 radical (unpaired) electrons. The van der Waals surface area contributed by atoms with Gasteiger partial charge < -0.3 is 15.6 Å². The van der Waals surface area contributed by atoms with Crippen molar-refractivity contribution in [2.75, 3.05) is 6.54 Å². The lowest BCUT2D eigenvalue weighted by Gasteiger charge is -2.10. The number of aryl methyl sites for hydroxylation is 1. The smallest absolute Gasteiger partial charge is 0.321 e. The Balaban J connectivity index is 2.18. The summed E-state index contributed by atoms with van der Waals surface area (Å²) in [5.74, 6) is -0.577. The monoisotopic (exact) mass is 223 g/mol. The molecule has 0 heterocycles. The van der Waals surface area contributed by atoms with Gasteiger partial charge in [0.05, 0.1) is 6.54 Å². The highest BCUT2D eigenvalue weighted by Gasteiger charge is 2.08. The van der Waals surface area contributed by atoms with Crippen molar-refractivity contribution >= 4 is 5.97 Å². The zero-order chi connectivity index (χ0) is 11.8. The third-order valence-electron chi connectivity index (χ3n) is 2.19. The fourth-order valence-corrected chi connectivity index (χ4v) is 1.38. The van der Waals surface area contributed by atoms with Crippen LogP contribution in [0.4, 0.5) is 0 Å². The molecule has 0 saturated heterocycles. The van der Waals surface area contributed by atoms with E-state index in [1.54, 1.807) is 0 Å². The molecule has 4 heteroatoms. The molecule has 1 aromatic carbocycles. The minimum absolute atomic E-state index is 0.199. The Bertz CT molecular complexity index is 313. The number of carbonyl (C=O) groups is 1. The molecule has 1 aromatic rings. The van der Waals surface area contributed by atoms with Crippen molar-refractivity contribution in [1.29, 1.82) is 0 Å². The largest absolute Gasteiger partial charge is 0.435 e. The van der Waals surface area contributed by atoms with E-state index in [0.29, 0.717) is 6.42 Å². The third-order valence-corrected chi connectivity index (χ3v) is 2.19. The van der Waals surface area contributed by atoms with Crippen molar-refractivity contribution in [2.24, 2.45) is 5.73 Å². The van der Waals surface area contributed by atoms with Gasteiger partial charge in [-0.3, -0.25) is 4.79 Å². The summed E-state index contributed by atoms with van der Waals surface area (Å²) >= 11 is 0. The number of rotatable bonds is 6. The van der Waals surface area contributed by atoms with Crippen molar-refractivity contribution in [3.05, 3.63) is 35.9 Å². The summed E-state index contributed by atoms with van der Waals surface area (Å²) in [6, 6.07) is 9.96. The molecule has 0 aliphatic rings. The molecule has 4 nitrogen and oxygen atoms in total. The molecular weight excluding hydrogens is 206 g/mol. The molecule has 0 saturated carbocycles. The second kappa shape index (κ2) is 6.98. The van der Waals surface area contributed by atoms with Crippen molar-refractivity contribution in [1.82, 2.24) is 0 Å². The predicted octanol–water partition coefficient (Wildman–Crippen LogP) is 0.830. The van der Waals surface area contributed by atoms with E-state index in [2.05, 4.69) is 4.74 Å². The van der Waals surface area contributed by atoms with Crippen molar-refractivity contribution < 1.29 is 14.6 Å². The van der Waals surface area contributed by atoms with E-state index in [1.165, 1.54) is 5.56 Å². The summed E-state index contributed by atoms with van der Waals surface area (Å²) in [6.07, 6.45) is 1.02. The van der Waals surface area contributed by atoms with Gasteiger partial charge in [-0.15, -0.1) is 0 Å². The Hall–Kier alpha value is -1.39. The first-order chi connectivity index (χ1) is 7.72. The van der Waals surface area contributed by atoms with Gasteiger partial charge in [-0.2, -0.15) is 0 Å². The second-order valence-electron chi connectivity index (χ2n) is 3.53. The molecule has 1 atom stereocenters. The SMILES string of the molecule is NCC(=O)OC(O)CCCc1ccccc1. The zero-order valence-corrected chi connectivity index (χ0v) is 9.13. The molecule has 0 aliphatic heterocycles. The molecule has 1 rings (SSSR count). The molecule has 0 spiro atoms. The molecule has 0 fully saturated rings. The molecule has 3 N–H and O–H groups in total. The van der Waals surface area contributed by atoms with E-state index >= 15 is 0 Å². The number of nitrogens with two attached hydrogens (primary N) is 1. The van der Waals surface area contributed by atoms with Crippen LogP contribution in [-0.4, -0.2) is 23.9 Å². The number of carbonyl (C=O) groups excluding carboxylic acids is 1. The maximum absolute atomic E-state index is 10.7. The topological polar surface area (TPSA) is 72.6 Å². The lowest BCUT2D eigenvalue weighted by atomic mass is 10.1. The van der Waals surface area contributed by atoms with Crippen LogP contribution >= 0.6 is 0 Å². The van der Waals surface area contributed by atoms with Gasteiger partial charge >= 0.3 is 5.97 Å². The molecular formula is C12H17NO3. The fourth-order valence-electron chi connectivity index (χ4n) is 1.38. The Morgan fingerprint density at radius 1 is 1.38 bits per heavy atom. The van der Waals surface area contributed by atoms with Crippen LogP contribution in [-0.2, 0) is 16.0 Å². The van der Waals surface area contributed by atoms with Gasteiger partial charge in [0, 0.05) is 6.42 Å². The summed E-state index contributed by atoms with van der Waals surface area (Å²) < 4.78 is 4.63.